The monoisotopic (exact) mass is 614 g/mol. The maximum atomic E-state index is 13.6. The smallest absolute Gasteiger partial charge is 0.336 e. The molecule has 0 spiro atoms. The van der Waals surface area contributed by atoms with E-state index in [1.165, 1.54) is 22.8 Å². The molecule has 1 aliphatic heterocycles. The first-order chi connectivity index (χ1) is 21.9. The summed E-state index contributed by atoms with van der Waals surface area (Å²) in [5.41, 5.74) is 2.21. The van der Waals surface area contributed by atoms with Crippen LogP contribution in [0.3, 0.4) is 0 Å². The number of rotatable bonds is 8. The molecule has 0 saturated heterocycles. The van der Waals surface area contributed by atoms with Gasteiger partial charge in [0.15, 0.2) is 0 Å². The number of hydrogen-bond donors (Lipinski definition) is 3. The summed E-state index contributed by atoms with van der Waals surface area (Å²) in [7, 11) is 0. The molecule has 5 aromatic rings. The number of nitrogens with one attached hydrogen (secondary N) is 2. The van der Waals surface area contributed by atoms with Crippen molar-refractivity contribution in [3.63, 3.8) is 0 Å². The highest BCUT2D eigenvalue weighted by Gasteiger charge is 2.29. The molecule has 3 amide bonds. The topological polar surface area (TPSA) is 128 Å². The van der Waals surface area contributed by atoms with Crippen LogP contribution in [0.4, 0.5) is 11.4 Å². The maximum Gasteiger partial charge on any atom is 0.336 e. The Balaban J connectivity index is 1.19. The number of anilines is 2. The van der Waals surface area contributed by atoms with Gasteiger partial charge in [0, 0.05) is 21.5 Å². The number of carbonyl (C=O) groups is 4. The highest BCUT2D eigenvalue weighted by atomic mass is 32.2. The van der Waals surface area contributed by atoms with E-state index in [0.717, 1.165) is 10.5 Å². The van der Waals surface area contributed by atoms with Gasteiger partial charge in [-0.05, 0) is 59.5 Å². The molecule has 0 aliphatic carbocycles. The molecule has 0 bridgehead atoms. The van der Waals surface area contributed by atoms with Gasteiger partial charge in [0.25, 0.3) is 11.8 Å². The number of benzene rings is 5. The average Bonchev–Trinajstić information content (AvgIpc) is 3.43. The largest absolute Gasteiger partial charge is 0.478 e. The summed E-state index contributed by atoms with van der Waals surface area (Å²) in [6, 6.07) is 35.3. The lowest BCUT2D eigenvalue weighted by Gasteiger charge is -2.17. The van der Waals surface area contributed by atoms with Crippen LogP contribution in [0.2, 0.25) is 0 Å². The summed E-state index contributed by atoms with van der Waals surface area (Å²) in [4.78, 5) is 52.0. The molecule has 1 unspecified atom stereocenters. The molecule has 1 aliphatic rings. The molecule has 0 fully saturated rings. The molecule has 1 heterocycles. The van der Waals surface area contributed by atoms with Gasteiger partial charge in [-0.15, -0.1) is 11.8 Å². The van der Waals surface area contributed by atoms with Crippen molar-refractivity contribution in [1.82, 2.24) is 5.32 Å². The molecule has 45 heavy (non-hydrogen) atoms. The van der Waals surface area contributed by atoms with Gasteiger partial charge in [0.05, 0.1) is 17.7 Å². The van der Waals surface area contributed by atoms with E-state index in [9.17, 15) is 24.3 Å². The molecule has 0 saturated carbocycles. The number of hydrogen-bond acceptors (Lipinski definition) is 6. The lowest BCUT2D eigenvalue weighted by Crippen LogP contribution is -2.33. The second kappa shape index (κ2) is 12.9. The number of carboxylic acids is 1. The number of aromatic carboxylic acids is 1. The van der Waals surface area contributed by atoms with Gasteiger partial charge in [0.2, 0.25) is 5.91 Å². The number of amides is 3. The third kappa shape index (κ3) is 6.46. The third-order valence-electron chi connectivity index (χ3n) is 7.13. The molecular weight excluding hydrogens is 588 g/mol. The summed E-state index contributed by atoms with van der Waals surface area (Å²) < 4.78 is 0. The van der Waals surface area contributed by atoms with E-state index in [1.54, 1.807) is 66.7 Å². The Morgan fingerprint density at radius 2 is 1.40 bits per heavy atom. The van der Waals surface area contributed by atoms with E-state index < -0.39 is 17.1 Å². The van der Waals surface area contributed by atoms with Crippen LogP contribution in [-0.2, 0) is 9.59 Å². The fourth-order valence-corrected chi connectivity index (χ4v) is 6.06. The van der Waals surface area contributed by atoms with Crippen molar-refractivity contribution in [2.45, 2.75) is 16.6 Å². The van der Waals surface area contributed by atoms with Crippen LogP contribution in [0.5, 0.6) is 0 Å². The molecule has 3 N–H and O–H groups in total. The Morgan fingerprint density at radius 1 is 0.756 bits per heavy atom. The lowest BCUT2D eigenvalue weighted by molar-refractivity contribution is -0.119. The zero-order chi connectivity index (χ0) is 31.3. The van der Waals surface area contributed by atoms with Crippen LogP contribution >= 0.6 is 11.8 Å². The summed E-state index contributed by atoms with van der Waals surface area (Å²) in [5, 5.41) is 21.4. The number of amidine groups is 1. The Morgan fingerprint density at radius 3 is 2.07 bits per heavy atom. The van der Waals surface area contributed by atoms with Crippen molar-refractivity contribution < 1.29 is 24.3 Å². The Kier molecular flexibility index (Phi) is 8.39. The standard InChI is InChI=1S/C35H26N4O5S/c40-30-21-29(38-39(30)25-13-5-2-6-14-25)37-34(42)32(23-9-3-1-4-10-23)45-26-19-17-24(18-20-26)36-33(41)27-15-7-11-22-12-8-16-28(31(22)27)35(43)44/h1-20,32H,21H2,(H,36,41)(H,43,44)(H,37,38,42). The van der Waals surface area contributed by atoms with Crippen LogP contribution in [0.25, 0.3) is 10.8 Å². The molecular formula is C35H26N4O5S. The normalized spacial score (nSPS) is 13.3. The number of fused-ring (bicyclic) bond motifs is 1. The predicted octanol–water partition coefficient (Wildman–Crippen LogP) is 6.49. The first kappa shape index (κ1) is 29.3. The summed E-state index contributed by atoms with van der Waals surface area (Å²) >= 11 is 1.32. The van der Waals surface area contributed by atoms with Crippen LogP contribution in [0.1, 0.15) is 38.0 Å². The number of para-hydroxylation sites is 1. The fourth-order valence-electron chi connectivity index (χ4n) is 5.04. The minimum atomic E-state index is -1.11. The number of hydrazone groups is 1. The number of carbonyl (C=O) groups excluding carboxylic acids is 3. The van der Waals surface area contributed by atoms with E-state index in [-0.39, 0.29) is 35.2 Å². The summed E-state index contributed by atoms with van der Waals surface area (Å²) in [5.74, 6) is -1.84. The average molecular weight is 615 g/mol. The predicted molar refractivity (Wildman–Crippen MR) is 174 cm³/mol. The Labute approximate surface area is 262 Å². The second-order valence-corrected chi connectivity index (χ2v) is 11.3. The SMILES string of the molecule is O=C(O)c1cccc2cccc(C(=O)Nc3ccc(SC(C(=O)NC4=NN(c5ccccc5)C(=O)C4)c4ccccc4)cc3)c12. The number of thioether (sulfide) groups is 1. The van der Waals surface area contributed by atoms with Gasteiger partial charge in [0.1, 0.15) is 11.1 Å². The zero-order valence-corrected chi connectivity index (χ0v) is 24.5. The molecule has 0 radical (unpaired) electrons. The van der Waals surface area contributed by atoms with Gasteiger partial charge < -0.3 is 15.7 Å². The molecule has 5 aromatic carbocycles. The summed E-state index contributed by atoms with van der Waals surface area (Å²) in [6.07, 6.45) is -0.0220. The lowest BCUT2D eigenvalue weighted by atomic mass is 9.98. The highest BCUT2D eigenvalue weighted by molar-refractivity contribution is 8.00. The van der Waals surface area contributed by atoms with Crippen molar-refractivity contribution in [3.05, 3.63) is 138 Å². The molecule has 222 valence electrons. The van der Waals surface area contributed by atoms with Crippen molar-refractivity contribution in [2.75, 3.05) is 10.3 Å². The highest BCUT2D eigenvalue weighted by Crippen LogP contribution is 2.36. The summed E-state index contributed by atoms with van der Waals surface area (Å²) in [6.45, 7) is 0. The second-order valence-electron chi connectivity index (χ2n) is 10.2. The van der Waals surface area contributed by atoms with Crippen molar-refractivity contribution in [3.8, 4) is 0 Å². The van der Waals surface area contributed by atoms with Gasteiger partial charge >= 0.3 is 5.97 Å². The number of nitrogens with zero attached hydrogens (tertiary/aromatic N) is 2. The van der Waals surface area contributed by atoms with Crippen LogP contribution in [0, 0.1) is 0 Å². The van der Waals surface area contributed by atoms with Gasteiger partial charge in [-0.25, -0.2) is 4.79 Å². The Bertz CT molecular complexity index is 1940. The van der Waals surface area contributed by atoms with Gasteiger partial charge in [-0.3, -0.25) is 14.4 Å². The molecule has 6 rings (SSSR count). The molecule has 10 heteroatoms. The molecule has 1 atom stereocenters. The first-order valence-corrected chi connectivity index (χ1v) is 14.9. The maximum absolute atomic E-state index is 13.6. The van der Waals surface area contributed by atoms with E-state index in [1.807, 2.05) is 48.5 Å². The van der Waals surface area contributed by atoms with Crippen molar-refractivity contribution in [1.29, 1.82) is 0 Å². The van der Waals surface area contributed by atoms with Gasteiger partial charge in [-0.1, -0.05) is 72.8 Å². The Hall–Kier alpha value is -5.74. The minimum Gasteiger partial charge on any atom is -0.478 e. The van der Waals surface area contributed by atoms with Crippen LogP contribution in [0.15, 0.2) is 131 Å². The molecule has 0 aromatic heterocycles. The van der Waals surface area contributed by atoms with Crippen LogP contribution < -0.4 is 15.6 Å². The number of carboxylic acid groups (broad SMARTS) is 1. The van der Waals surface area contributed by atoms with E-state index in [4.69, 9.17) is 0 Å². The van der Waals surface area contributed by atoms with E-state index in [2.05, 4.69) is 15.7 Å². The van der Waals surface area contributed by atoms with E-state index in [0.29, 0.717) is 22.1 Å². The van der Waals surface area contributed by atoms with Gasteiger partial charge in [-0.2, -0.15) is 10.1 Å². The quantitative estimate of drug-likeness (QED) is 0.172. The van der Waals surface area contributed by atoms with Crippen LogP contribution in [-0.4, -0.2) is 34.6 Å². The minimum absolute atomic E-state index is 0.0220. The fraction of sp³-hybridized carbons (Fsp3) is 0.0571. The van der Waals surface area contributed by atoms with Crippen molar-refractivity contribution in [2.24, 2.45) is 5.10 Å². The first-order valence-electron chi connectivity index (χ1n) is 14.0. The molecule has 9 nitrogen and oxygen atoms in total. The third-order valence-corrected chi connectivity index (χ3v) is 8.40. The van der Waals surface area contributed by atoms with E-state index >= 15 is 0 Å². The zero-order valence-electron chi connectivity index (χ0n) is 23.7. The van der Waals surface area contributed by atoms with Crippen molar-refractivity contribution >= 4 is 63.4 Å².